The van der Waals surface area contributed by atoms with Crippen molar-refractivity contribution in [2.75, 3.05) is 25.1 Å². The molecule has 0 radical (unpaired) electrons. The van der Waals surface area contributed by atoms with Crippen molar-refractivity contribution in [3.05, 3.63) is 105 Å². The van der Waals surface area contributed by atoms with Crippen molar-refractivity contribution in [1.82, 2.24) is 5.32 Å². The first-order chi connectivity index (χ1) is 19.8. The fraction of sp³-hybridized carbons (Fsp3) is 0.294. The number of nitrogens with one attached hydrogen (secondary N) is 1. The van der Waals surface area contributed by atoms with Gasteiger partial charge in [0.25, 0.3) is 0 Å². The molecule has 0 spiro atoms. The summed E-state index contributed by atoms with van der Waals surface area (Å²) in [7, 11) is 1.43. The van der Waals surface area contributed by atoms with E-state index in [2.05, 4.69) is 82.5 Å². The molecular weight excluding hydrogens is 580 g/mol. The number of benzene rings is 4. The number of aromatic carboxylic acids is 1. The number of anilines is 1. The Bertz CT molecular complexity index is 1610. The molecule has 0 aliphatic carbocycles. The van der Waals surface area contributed by atoms with Gasteiger partial charge in [-0.1, -0.05) is 64.5 Å². The molecule has 1 saturated heterocycles. The number of methoxy groups -OCH3 is 1. The average Bonchev–Trinajstić information content (AvgIpc) is 2.98. The fourth-order valence-electron chi connectivity index (χ4n) is 5.93. The summed E-state index contributed by atoms with van der Waals surface area (Å²) in [5.74, 6) is -1.04. The largest absolute Gasteiger partial charge is 0.496 e. The summed E-state index contributed by atoms with van der Waals surface area (Å²) in [4.78, 5) is 28.0. The predicted octanol–water partition coefficient (Wildman–Crippen LogP) is 7.36. The average molecular weight is 616 g/mol. The van der Waals surface area contributed by atoms with Crippen molar-refractivity contribution < 1.29 is 19.4 Å². The van der Waals surface area contributed by atoms with E-state index < -0.39 is 5.97 Å². The highest BCUT2D eigenvalue weighted by Crippen LogP contribution is 2.38. The summed E-state index contributed by atoms with van der Waals surface area (Å²) in [6.45, 7) is 6.21. The van der Waals surface area contributed by atoms with E-state index >= 15 is 0 Å². The molecule has 1 fully saturated rings. The molecule has 5 rings (SSSR count). The van der Waals surface area contributed by atoms with E-state index in [4.69, 9.17) is 4.74 Å². The Morgan fingerprint density at radius 3 is 2.39 bits per heavy atom. The minimum atomic E-state index is -1.09. The van der Waals surface area contributed by atoms with Gasteiger partial charge < -0.3 is 20.1 Å². The van der Waals surface area contributed by atoms with Gasteiger partial charge in [0.15, 0.2) is 0 Å². The van der Waals surface area contributed by atoms with Crippen molar-refractivity contribution >= 4 is 44.3 Å². The third-order valence-corrected chi connectivity index (χ3v) is 8.77. The number of aryl methyl sites for hydroxylation is 2. The maximum atomic E-state index is 13.8. The number of fused-ring (bicyclic) bond motifs is 1. The molecular formula is C34H35BrN2O4. The van der Waals surface area contributed by atoms with E-state index in [1.165, 1.54) is 25.2 Å². The first kappa shape index (κ1) is 28.7. The molecule has 0 bridgehead atoms. The molecule has 7 heteroatoms. The van der Waals surface area contributed by atoms with Crippen LogP contribution in [0.15, 0.2) is 71.2 Å². The maximum absolute atomic E-state index is 13.8. The summed E-state index contributed by atoms with van der Waals surface area (Å²) in [6, 6.07) is 21.7. The van der Waals surface area contributed by atoms with Crippen LogP contribution in [0.4, 0.5) is 5.69 Å². The van der Waals surface area contributed by atoms with Gasteiger partial charge in [-0.05, 0) is 84.3 Å². The maximum Gasteiger partial charge on any atom is 0.339 e. The molecule has 0 saturated carbocycles. The Hall–Kier alpha value is -3.84. The van der Waals surface area contributed by atoms with Gasteiger partial charge in [0, 0.05) is 28.8 Å². The van der Waals surface area contributed by atoms with Crippen LogP contribution in [0.3, 0.4) is 0 Å². The SMILES string of the molecule is COc1cc(CC(=O)NC(c2c(C)cccc2N2CCCCC2)c2ccc(C)c3ccccc23)c(Br)cc1C(=O)O. The molecule has 2 N–H and O–H groups in total. The van der Waals surface area contributed by atoms with E-state index in [1.54, 1.807) is 6.07 Å². The second-order valence-corrected chi connectivity index (χ2v) is 11.6. The lowest BCUT2D eigenvalue weighted by Crippen LogP contribution is -2.35. The van der Waals surface area contributed by atoms with Crippen molar-refractivity contribution in [1.29, 1.82) is 0 Å². The molecule has 1 aliphatic heterocycles. The molecule has 1 amide bonds. The number of amides is 1. The molecule has 6 nitrogen and oxygen atoms in total. The van der Waals surface area contributed by atoms with E-state index in [-0.39, 0.29) is 29.7 Å². The second-order valence-electron chi connectivity index (χ2n) is 10.7. The number of halogens is 1. The lowest BCUT2D eigenvalue weighted by molar-refractivity contribution is -0.120. The summed E-state index contributed by atoms with van der Waals surface area (Å²) in [6.07, 6.45) is 3.60. The van der Waals surface area contributed by atoms with Gasteiger partial charge in [-0.25, -0.2) is 4.79 Å². The molecule has 212 valence electrons. The van der Waals surface area contributed by atoms with Crippen molar-refractivity contribution in [2.45, 2.75) is 45.6 Å². The van der Waals surface area contributed by atoms with Crippen LogP contribution in [-0.4, -0.2) is 37.2 Å². The lowest BCUT2D eigenvalue weighted by atomic mass is 9.88. The van der Waals surface area contributed by atoms with Gasteiger partial charge >= 0.3 is 5.97 Å². The van der Waals surface area contributed by atoms with Crippen LogP contribution in [0.1, 0.15) is 63.5 Å². The number of ether oxygens (including phenoxy) is 1. The van der Waals surface area contributed by atoms with Gasteiger partial charge in [0.1, 0.15) is 11.3 Å². The van der Waals surface area contributed by atoms with Gasteiger partial charge in [-0.2, -0.15) is 0 Å². The Labute approximate surface area is 249 Å². The van der Waals surface area contributed by atoms with Crippen molar-refractivity contribution in [2.24, 2.45) is 0 Å². The molecule has 1 atom stereocenters. The fourth-order valence-corrected chi connectivity index (χ4v) is 6.42. The number of carbonyl (C=O) groups is 2. The van der Waals surface area contributed by atoms with Gasteiger partial charge in [0.2, 0.25) is 5.91 Å². The molecule has 4 aromatic rings. The highest BCUT2D eigenvalue weighted by molar-refractivity contribution is 9.10. The van der Waals surface area contributed by atoms with Gasteiger partial charge in [-0.15, -0.1) is 0 Å². The first-order valence-corrected chi connectivity index (χ1v) is 14.8. The van der Waals surface area contributed by atoms with Gasteiger partial charge in [-0.3, -0.25) is 4.79 Å². The smallest absolute Gasteiger partial charge is 0.339 e. The molecule has 1 unspecified atom stereocenters. The number of rotatable bonds is 8. The number of nitrogens with zero attached hydrogens (tertiary/aromatic N) is 1. The summed E-state index contributed by atoms with van der Waals surface area (Å²) >= 11 is 3.47. The van der Waals surface area contributed by atoms with Crippen LogP contribution in [-0.2, 0) is 11.2 Å². The van der Waals surface area contributed by atoms with Crippen molar-refractivity contribution in [3.63, 3.8) is 0 Å². The highest BCUT2D eigenvalue weighted by Gasteiger charge is 2.27. The monoisotopic (exact) mass is 614 g/mol. The topological polar surface area (TPSA) is 78.9 Å². The number of piperidine rings is 1. The van der Waals surface area contributed by atoms with E-state index in [9.17, 15) is 14.7 Å². The highest BCUT2D eigenvalue weighted by atomic mass is 79.9. The Kier molecular flexibility index (Phi) is 8.64. The van der Waals surface area contributed by atoms with Crippen molar-refractivity contribution in [3.8, 4) is 5.75 Å². The number of carbonyl (C=O) groups excluding carboxylic acids is 1. The predicted molar refractivity (Wildman–Crippen MR) is 167 cm³/mol. The van der Waals surface area contributed by atoms with Crippen LogP contribution in [0, 0.1) is 13.8 Å². The standard InChI is InChI=1S/C34H35BrN2O4/c1-21-14-15-26(25-12-6-5-11-24(21)25)33(32-22(2)10-9-13-29(32)37-16-7-4-8-17-37)36-31(38)19-23-18-30(41-3)27(34(39)40)20-28(23)35/h5-6,9-15,18,20,33H,4,7-8,16-17,19H2,1-3H3,(H,36,38)(H,39,40). The summed E-state index contributed by atoms with van der Waals surface area (Å²) < 4.78 is 5.87. The minimum absolute atomic E-state index is 0.0404. The van der Waals surface area contributed by atoms with Crippen LogP contribution in [0.5, 0.6) is 5.75 Å². The van der Waals surface area contributed by atoms with E-state index in [0.717, 1.165) is 59.1 Å². The van der Waals surface area contributed by atoms with Crippen LogP contribution in [0.25, 0.3) is 10.8 Å². The molecule has 1 aliphatic rings. The quantitative estimate of drug-likeness (QED) is 0.217. The first-order valence-electron chi connectivity index (χ1n) is 14.0. The Balaban J connectivity index is 1.60. The normalized spacial score (nSPS) is 14.1. The third-order valence-electron chi connectivity index (χ3n) is 8.03. The minimum Gasteiger partial charge on any atom is -0.496 e. The van der Waals surface area contributed by atoms with Gasteiger partial charge in [0.05, 0.1) is 19.6 Å². The Morgan fingerprint density at radius 2 is 1.68 bits per heavy atom. The van der Waals surface area contributed by atoms with E-state index in [1.807, 2.05) is 12.1 Å². The Morgan fingerprint density at radius 1 is 0.951 bits per heavy atom. The third kappa shape index (κ3) is 5.96. The van der Waals surface area contributed by atoms with E-state index in [0.29, 0.717) is 10.0 Å². The number of hydrogen-bond acceptors (Lipinski definition) is 4. The molecule has 1 heterocycles. The molecule has 41 heavy (non-hydrogen) atoms. The number of carboxylic acid groups (broad SMARTS) is 1. The number of carboxylic acids is 1. The zero-order valence-electron chi connectivity index (χ0n) is 23.7. The summed E-state index contributed by atoms with van der Waals surface area (Å²) in [5.41, 5.74) is 6.31. The second kappa shape index (κ2) is 12.4. The molecule has 4 aromatic carbocycles. The van der Waals surface area contributed by atoms with Crippen LogP contribution in [0.2, 0.25) is 0 Å². The zero-order valence-corrected chi connectivity index (χ0v) is 25.3. The number of hydrogen-bond donors (Lipinski definition) is 2. The van der Waals surface area contributed by atoms with Crippen LogP contribution >= 0.6 is 15.9 Å². The molecule has 0 aromatic heterocycles. The summed E-state index contributed by atoms with van der Waals surface area (Å²) in [5, 5.41) is 15.2. The van der Waals surface area contributed by atoms with Crippen LogP contribution < -0.4 is 15.0 Å². The lowest BCUT2D eigenvalue weighted by Gasteiger charge is -2.34. The zero-order chi connectivity index (χ0) is 29.1.